The van der Waals surface area contributed by atoms with Crippen molar-refractivity contribution >= 4 is 17.8 Å². The SMILES string of the molecule is C=CCON=Cc1cccc(OC(c2ccc(Cl)nn2)C2CCCNC2)c1. The molecule has 1 fully saturated rings. The second-order valence-corrected chi connectivity index (χ2v) is 6.70. The van der Waals surface area contributed by atoms with E-state index >= 15 is 0 Å². The Kier molecular flexibility index (Phi) is 7.19. The minimum Gasteiger partial charge on any atom is -0.484 e. The summed E-state index contributed by atoms with van der Waals surface area (Å²) in [6, 6.07) is 11.3. The number of hydrogen-bond acceptors (Lipinski definition) is 6. The van der Waals surface area contributed by atoms with Crippen molar-refractivity contribution in [1.82, 2.24) is 15.5 Å². The quantitative estimate of drug-likeness (QED) is 0.323. The molecule has 1 aliphatic rings. The lowest BCUT2D eigenvalue weighted by Crippen LogP contribution is -2.35. The first-order valence-electron chi connectivity index (χ1n) is 8.99. The van der Waals surface area contributed by atoms with Gasteiger partial charge in [0.05, 0.1) is 6.21 Å². The summed E-state index contributed by atoms with van der Waals surface area (Å²) in [5.74, 6) is 1.05. The first kappa shape index (κ1) is 19.3. The maximum absolute atomic E-state index is 6.34. The number of ether oxygens (including phenoxy) is 1. The highest BCUT2D eigenvalue weighted by molar-refractivity contribution is 6.29. The van der Waals surface area contributed by atoms with Gasteiger partial charge >= 0.3 is 0 Å². The predicted molar refractivity (Wildman–Crippen MR) is 106 cm³/mol. The number of nitrogens with one attached hydrogen (secondary N) is 1. The molecule has 1 aliphatic heterocycles. The van der Waals surface area contributed by atoms with E-state index in [4.69, 9.17) is 21.2 Å². The van der Waals surface area contributed by atoms with E-state index in [2.05, 4.69) is 27.2 Å². The molecular formula is C20H23ClN4O2. The van der Waals surface area contributed by atoms with Gasteiger partial charge in [-0.3, -0.25) is 0 Å². The topological polar surface area (TPSA) is 68.6 Å². The van der Waals surface area contributed by atoms with Crippen LogP contribution in [0.1, 0.15) is 30.2 Å². The zero-order valence-electron chi connectivity index (χ0n) is 15.1. The molecular weight excluding hydrogens is 364 g/mol. The van der Waals surface area contributed by atoms with Crippen LogP contribution in [0.2, 0.25) is 5.15 Å². The van der Waals surface area contributed by atoms with Crippen LogP contribution in [0.3, 0.4) is 0 Å². The van der Waals surface area contributed by atoms with Crippen LogP contribution in [0, 0.1) is 5.92 Å². The number of oxime groups is 1. The van der Waals surface area contributed by atoms with Gasteiger partial charge in [-0.05, 0) is 49.2 Å². The van der Waals surface area contributed by atoms with Crippen LogP contribution in [0.4, 0.5) is 0 Å². The first-order chi connectivity index (χ1) is 13.3. The second-order valence-electron chi connectivity index (χ2n) is 6.32. The molecule has 27 heavy (non-hydrogen) atoms. The molecule has 0 amide bonds. The van der Waals surface area contributed by atoms with Gasteiger partial charge in [0.2, 0.25) is 0 Å². The van der Waals surface area contributed by atoms with E-state index in [0.717, 1.165) is 42.9 Å². The monoisotopic (exact) mass is 386 g/mol. The van der Waals surface area contributed by atoms with Gasteiger partial charge in [0.15, 0.2) is 5.15 Å². The van der Waals surface area contributed by atoms with Gasteiger partial charge in [-0.25, -0.2) is 0 Å². The number of rotatable bonds is 8. The number of piperidine rings is 1. The average molecular weight is 387 g/mol. The molecule has 0 saturated carbocycles. The number of hydrogen-bond donors (Lipinski definition) is 1. The Hall–Kier alpha value is -2.44. The van der Waals surface area contributed by atoms with E-state index in [1.165, 1.54) is 0 Å². The van der Waals surface area contributed by atoms with Crippen LogP contribution in [-0.4, -0.2) is 36.1 Å². The second kappa shape index (κ2) is 10.0. The van der Waals surface area contributed by atoms with Crippen molar-refractivity contribution in [2.75, 3.05) is 19.7 Å². The maximum Gasteiger partial charge on any atom is 0.151 e. The van der Waals surface area contributed by atoms with E-state index in [1.54, 1.807) is 18.4 Å². The molecule has 0 aliphatic carbocycles. The minimum atomic E-state index is -0.202. The molecule has 1 saturated heterocycles. The highest BCUT2D eigenvalue weighted by Gasteiger charge is 2.28. The highest BCUT2D eigenvalue weighted by Crippen LogP contribution is 2.31. The Labute approximate surface area is 164 Å². The van der Waals surface area contributed by atoms with Gasteiger partial charge in [-0.1, -0.05) is 41.5 Å². The first-order valence-corrected chi connectivity index (χ1v) is 9.37. The van der Waals surface area contributed by atoms with E-state index in [9.17, 15) is 0 Å². The molecule has 0 radical (unpaired) electrons. The van der Waals surface area contributed by atoms with Crippen LogP contribution in [0.15, 0.2) is 54.2 Å². The van der Waals surface area contributed by atoms with Crippen LogP contribution < -0.4 is 10.1 Å². The summed E-state index contributed by atoms with van der Waals surface area (Å²) in [7, 11) is 0. The molecule has 2 atom stereocenters. The van der Waals surface area contributed by atoms with Crippen LogP contribution in [0.25, 0.3) is 0 Å². The van der Waals surface area contributed by atoms with Gasteiger partial charge in [0, 0.05) is 12.5 Å². The van der Waals surface area contributed by atoms with Crippen molar-refractivity contribution in [1.29, 1.82) is 0 Å². The van der Waals surface area contributed by atoms with E-state index in [-0.39, 0.29) is 6.10 Å². The molecule has 142 valence electrons. The van der Waals surface area contributed by atoms with Crippen molar-refractivity contribution in [2.24, 2.45) is 11.1 Å². The third-order valence-corrected chi connectivity index (χ3v) is 4.50. The van der Waals surface area contributed by atoms with E-state index < -0.39 is 0 Å². The van der Waals surface area contributed by atoms with Crippen LogP contribution >= 0.6 is 11.6 Å². The van der Waals surface area contributed by atoms with Gasteiger partial charge < -0.3 is 14.9 Å². The standard InChI is InChI=1S/C20H23ClN4O2/c1-2-11-26-23-13-15-5-3-7-17(12-15)27-20(16-6-4-10-22-14-16)18-8-9-19(21)25-24-18/h2-3,5,7-9,12-13,16,20,22H,1,4,6,10-11,14H2. The number of benzene rings is 1. The Morgan fingerprint density at radius 2 is 2.26 bits per heavy atom. The largest absolute Gasteiger partial charge is 0.484 e. The van der Waals surface area contributed by atoms with Crippen molar-refractivity contribution in [3.05, 3.63) is 65.5 Å². The molecule has 1 N–H and O–H groups in total. The van der Waals surface area contributed by atoms with Crippen molar-refractivity contribution < 1.29 is 9.57 Å². The summed E-state index contributed by atoms with van der Waals surface area (Å²) >= 11 is 5.89. The third kappa shape index (κ3) is 5.77. The zero-order valence-corrected chi connectivity index (χ0v) is 15.8. The van der Waals surface area contributed by atoms with Gasteiger partial charge in [-0.15, -0.1) is 5.10 Å². The molecule has 0 bridgehead atoms. The Morgan fingerprint density at radius 1 is 1.33 bits per heavy atom. The zero-order chi connectivity index (χ0) is 18.9. The predicted octanol–water partition coefficient (Wildman–Crippen LogP) is 3.79. The number of aromatic nitrogens is 2. The lowest BCUT2D eigenvalue weighted by atomic mass is 9.91. The van der Waals surface area contributed by atoms with Gasteiger partial charge in [0.1, 0.15) is 24.2 Å². The molecule has 2 heterocycles. The lowest BCUT2D eigenvalue weighted by Gasteiger charge is -2.30. The normalized spacial score (nSPS) is 18.2. The molecule has 2 unspecified atom stereocenters. The Balaban J connectivity index is 1.78. The average Bonchev–Trinajstić information content (AvgIpc) is 2.71. The number of nitrogens with zero attached hydrogens (tertiary/aromatic N) is 3. The minimum absolute atomic E-state index is 0.202. The molecule has 0 spiro atoms. The van der Waals surface area contributed by atoms with E-state index in [1.807, 2.05) is 30.3 Å². The van der Waals surface area contributed by atoms with Crippen molar-refractivity contribution in [3.8, 4) is 5.75 Å². The summed E-state index contributed by atoms with van der Waals surface area (Å²) in [6.45, 7) is 5.88. The summed E-state index contributed by atoms with van der Waals surface area (Å²) in [5.41, 5.74) is 1.67. The van der Waals surface area contributed by atoms with Gasteiger partial charge in [-0.2, -0.15) is 5.10 Å². The molecule has 6 nitrogen and oxygen atoms in total. The molecule has 1 aromatic carbocycles. The van der Waals surface area contributed by atoms with Crippen molar-refractivity contribution in [3.63, 3.8) is 0 Å². The molecule has 3 rings (SSSR count). The summed E-state index contributed by atoms with van der Waals surface area (Å²) in [4.78, 5) is 5.05. The summed E-state index contributed by atoms with van der Waals surface area (Å²) in [6.07, 6.45) is 5.27. The Morgan fingerprint density at radius 3 is 3.00 bits per heavy atom. The van der Waals surface area contributed by atoms with Gasteiger partial charge in [0.25, 0.3) is 0 Å². The summed E-state index contributed by atoms with van der Waals surface area (Å²) < 4.78 is 6.34. The fourth-order valence-corrected chi connectivity index (χ4v) is 3.12. The number of halogens is 1. The van der Waals surface area contributed by atoms with Crippen LogP contribution in [0.5, 0.6) is 5.75 Å². The lowest BCUT2D eigenvalue weighted by molar-refractivity contribution is 0.111. The Bertz CT molecular complexity index is 761. The molecule has 1 aromatic heterocycles. The molecule has 7 heteroatoms. The fourth-order valence-electron chi connectivity index (χ4n) is 3.02. The third-order valence-electron chi connectivity index (χ3n) is 4.30. The fraction of sp³-hybridized carbons (Fsp3) is 0.350. The maximum atomic E-state index is 6.34. The highest BCUT2D eigenvalue weighted by atomic mass is 35.5. The van der Waals surface area contributed by atoms with Crippen molar-refractivity contribution in [2.45, 2.75) is 18.9 Å². The van der Waals surface area contributed by atoms with Crippen LogP contribution in [-0.2, 0) is 4.84 Å². The smallest absolute Gasteiger partial charge is 0.151 e. The molecule has 2 aromatic rings. The summed E-state index contributed by atoms with van der Waals surface area (Å²) in [5, 5.41) is 15.9. The van der Waals surface area contributed by atoms with E-state index in [0.29, 0.717) is 17.7 Å².